The van der Waals surface area contributed by atoms with Gasteiger partial charge in [0.15, 0.2) is 0 Å². The second-order valence-electron chi connectivity index (χ2n) is 5.49. The fourth-order valence-corrected chi connectivity index (χ4v) is 2.96. The van der Waals surface area contributed by atoms with Crippen molar-refractivity contribution >= 4 is 55.3 Å². The Morgan fingerprint density at radius 1 is 0.769 bits per heavy atom. The fourth-order valence-electron chi connectivity index (χ4n) is 2.20. The van der Waals surface area contributed by atoms with E-state index in [2.05, 4.69) is 60.2 Å². The maximum atomic E-state index is 4.76. The van der Waals surface area contributed by atoms with E-state index in [1.807, 2.05) is 36.7 Å². The van der Waals surface area contributed by atoms with Crippen molar-refractivity contribution < 1.29 is 13.1 Å². The fraction of sp³-hybridized carbons (Fsp3) is 0.100. The second kappa shape index (κ2) is 11.3. The minimum absolute atomic E-state index is 0.194. The van der Waals surface area contributed by atoms with Crippen molar-refractivity contribution in [2.75, 3.05) is 0 Å². The van der Waals surface area contributed by atoms with E-state index in [9.17, 15) is 0 Å². The standard InChI is InChI=1S/C20H18N2S.2ClH.Fe/c1-15-5-3-7-17(11-15)21-13-19-9-10-20(23-19)14-22-18-8-4-6-16(2)12-18;;;/h3-14H,1-2H3;2*1H;/q;;;+2/p-2. The van der Waals surface area contributed by atoms with Gasteiger partial charge in [-0.2, -0.15) is 0 Å². The number of aliphatic imine (C=N–C) groups is 2. The molecule has 0 aliphatic heterocycles. The molecule has 26 heavy (non-hydrogen) atoms. The summed E-state index contributed by atoms with van der Waals surface area (Å²) < 4.78 is 0. The Bertz CT molecular complexity index is 821. The van der Waals surface area contributed by atoms with Gasteiger partial charge in [-0.15, -0.1) is 11.3 Å². The van der Waals surface area contributed by atoms with E-state index in [0.717, 1.165) is 21.1 Å². The number of aryl methyl sites for hydroxylation is 2. The van der Waals surface area contributed by atoms with Crippen LogP contribution in [-0.4, -0.2) is 12.4 Å². The first-order valence-corrected chi connectivity index (χ1v) is 11.6. The van der Waals surface area contributed by atoms with Crippen molar-refractivity contribution in [1.82, 2.24) is 0 Å². The van der Waals surface area contributed by atoms with Crippen molar-refractivity contribution in [3.8, 4) is 0 Å². The van der Waals surface area contributed by atoms with Gasteiger partial charge in [0, 0.05) is 22.2 Å². The van der Waals surface area contributed by atoms with Crippen LogP contribution in [0.4, 0.5) is 11.4 Å². The van der Waals surface area contributed by atoms with Gasteiger partial charge in [0.1, 0.15) is 0 Å². The van der Waals surface area contributed by atoms with Crippen LogP contribution < -0.4 is 0 Å². The first-order chi connectivity index (χ1) is 12.6. The number of hydrogen-bond donors (Lipinski definition) is 0. The monoisotopic (exact) mass is 444 g/mol. The van der Waals surface area contributed by atoms with Crippen molar-refractivity contribution in [3.05, 3.63) is 81.5 Å². The van der Waals surface area contributed by atoms with Gasteiger partial charge in [0.05, 0.1) is 11.4 Å². The van der Waals surface area contributed by atoms with E-state index in [0.29, 0.717) is 0 Å². The Morgan fingerprint density at radius 2 is 1.19 bits per heavy atom. The summed E-state index contributed by atoms with van der Waals surface area (Å²) in [7, 11) is 9.53. The summed E-state index contributed by atoms with van der Waals surface area (Å²) in [5, 5.41) is 0. The number of benzene rings is 2. The molecule has 0 aliphatic carbocycles. The van der Waals surface area contributed by atoms with Gasteiger partial charge in [-0.3, -0.25) is 9.98 Å². The molecule has 2 nitrogen and oxygen atoms in total. The predicted octanol–water partition coefficient (Wildman–Crippen LogP) is 7.24. The average molecular weight is 445 g/mol. The second-order valence-corrected chi connectivity index (χ2v) is 8.46. The van der Waals surface area contributed by atoms with Gasteiger partial charge < -0.3 is 0 Å². The van der Waals surface area contributed by atoms with Crippen LogP contribution in [0, 0.1) is 13.8 Å². The molecule has 136 valence electrons. The number of rotatable bonds is 4. The van der Waals surface area contributed by atoms with Crippen LogP contribution in [-0.2, 0) is 13.1 Å². The van der Waals surface area contributed by atoms with E-state index >= 15 is 0 Å². The third-order valence-electron chi connectivity index (χ3n) is 3.33. The van der Waals surface area contributed by atoms with Crippen molar-refractivity contribution in [2.24, 2.45) is 9.98 Å². The summed E-state index contributed by atoms with van der Waals surface area (Å²) in [4.78, 5) is 11.3. The first-order valence-electron chi connectivity index (χ1n) is 7.77. The molecule has 3 rings (SSSR count). The molecule has 1 heterocycles. The van der Waals surface area contributed by atoms with E-state index in [1.54, 1.807) is 11.3 Å². The van der Waals surface area contributed by atoms with E-state index in [4.69, 9.17) is 20.2 Å². The predicted molar refractivity (Wildman–Crippen MR) is 113 cm³/mol. The Morgan fingerprint density at radius 3 is 1.58 bits per heavy atom. The van der Waals surface area contributed by atoms with Crippen LogP contribution in [0.5, 0.6) is 0 Å². The molecule has 0 atom stereocenters. The minimum atomic E-state index is 0.194. The van der Waals surface area contributed by atoms with E-state index in [-0.39, 0.29) is 13.1 Å². The van der Waals surface area contributed by atoms with Crippen molar-refractivity contribution in [1.29, 1.82) is 0 Å². The maximum absolute atomic E-state index is 4.76. The summed E-state index contributed by atoms with van der Waals surface area (Å²) in [6.45, 7) is 4.15. The summed E-state index contributed by atoms with van der Waals surface area (Å²) in [5.41, 5.74) is 4.40. The molecule has 0 spiro atoms. The molecule has 0 unspecified atom stereocenters. The van der Waals surface area contributed by atoms with Gasteiger partial charge in [0.25, 0.3) is 0 Å². The normalized spacial score (nSPS) is 11.1. The van der Waals surface area contributed by atoms with Gasteiger partial charge in [0.2, 0.25) is 0 Å². The van der Waals surface area contributed by atoms with Crippen LogP contribution in [0.1, 0.15) is 20.9 Å². The number of hydrogen-bond acceptors (Lipinski definition) is 3. The molecule has 2 aromatic carbocycles. The zero-order valence-electron chi connectivity index (χ0n) is 14.3. The molecule has 0 radical (unpaired) electrons. The van der Waals surface area contributed by atoms with Gasteiger partial charge >= 0.3 is 33.3 Å². The molecule has 0 fully saturated rings. The van der Waals surface area contributed by atoms with Crippen LogP contribution >= 0.6 is 31.5 Å². The Labute approximate surface area is 173 Å². The molecule has 1 aromatic heterocycles. The first kappa shape index (κ1) is 20.9. The van der Waals surface area contributed by atoms with Gasteiger partial charge in [-0.25, -0.2) is 0 Å². The number of halogens is 2. The number of nitrogens with zero attached hydrogens (tertiary/aromatic N) is 2. The van der Waals surface area contributed by atoms with Gasteiger partial charge in [-0.1, -0.05) is 24.3 Å². The average Bonchev–Trinajstić information content (AvgIpc) is 3.07. The summed E-state index contributed by atoms with van der Waals surface area (Å²) in [5.74, 6) is 0. The molecular weight excluding hydrogens is 427 g/mol. The Kier molecular flexibility index (Phi) is 9.10. The van der Waals surface area contributed by atoms with Crippen LogP contribution in [0.15, 0.2) is 70.6 Å². The molecular formula is C20H18Cl2FeN2S. The van der Waals surface area contributed by atoms with Crippen LogP contribution in [0.2, 0.25) is 0 Å². The Balaban J connectivity index is 0.000000758. The molecule has 0 amide bonds. The van der Waals surface area contributed by atoms with Gasteiger partial charge in [-0.05, 0) is 61.4 Å². The summed E-state index contributed by atoms with van der Waals surface area (Å²) >= 11 is 1.88. The molecule has 6 heteroatoms. The third-order valence-corrected chi connectivity index (χ3v) is 4.29. The van der Waals surface area contributed by atoms with E-state index < -0.39 is 0 Å². The molecule has 3 aromatic rings. The molecule has 0 saturated heterocycles. The molecule has 0 aliphatic rings. The third kappa shape index (κ3) is 7.45. The molecule has 0 bridgehead atoms. The molecule has 0 saturated carbocycles. The quantitative estimate of drug-likeness (QED) is 0.299. The number of thiophene rings is 1. The van der Waals surface area contributed by atoms with Crippen LogP contribution in [0.3, 0.4) is 0 Å². The Hall–Kier alpha value is -1.42. The summed E-state index contributed by atoms with van der Waals surface area (Å²) in [6, 6.07) is 20.5. The summed E-state index contributed by atoms with van der Waals surface area (Å²) in [6.07, 6.45) is 3.81. The van der Waals surface area contributed by atoms with E-state index in [1.165, 1.54) is 11.1 Å². The van der Waals surface area contributed by atoms with Crippen molar-refractivity contribution in [2.45, 2.75) is 13.8 Å². The zero-order valence-corrected chi connectivity index (χ0v) is 17.8. The van der Waals surface area contributed by atoms with Crippen LogP contribution in [0.25, 0.3) is 0 Å². The van der Waals surface area contributed by atoms with Crippen molar-refractivity contribution in [3.63, 3.8) is 0 Å². The SMILES string of the molecule is Cc1cccc(N=Cc2ccc(C=Nc3cccc(C)c3)s2)c1.[Cl][Fe][Cl]. The zero-order chi connectivity index (χ0) is 18.8. The topological polar surface area (TPSA) is 24.7 Å². The molecule has 0 N–H and O–H groups in total.